The maximum atomic E-state index is 4.50. The van der Waals surface area contributed by atoms with Gasteiger partial charge < -0.3 is 9.47 Å². The van der Waals surface area contributed by atoms with E-state index in [0.717, 1.165) is 10.9 Å². The van der Waals surface area contributed by atoms with Crippen LogP contribution in [0.25, 0.3) is 0 Å². The van der Waals surface area contributed by atoms with Gasteiger partial charge in [-0.15, -0.1) is 10.2 Å². The smallest absolute Gasteiger partial charge is 0.190 e. The van der Waals surface area contributed by atoms with Gasteiger partial charge in [-0.2, -0.15) is 0 Å². The van der Waals surface area contributed by atoms with E-state index in [2.05, 4.69) is 40.7 Å². The molecule has 0 saturated heterocycles. The fourth-order valence-corrected chi connectivity index (χ4v) is 4.54. The van der Waals surface area contributed by atoms with Crippen molar-refractivity contribution in [2.75, 3.05) is 25.9 Å². The van der Waals surface area contributed by atoms with Crippen molar-refractivity contribution >= 4 is 11.8 Å². The lowest BCUT2D eigenvalue weighted by atomic mass is 9.89. The second kappa shape index (κ2) is 8.22. The molecule has 2 saturated carbocycles. The third-order valence-electron chi connectivity index (χ3n) is 5.95. The molecule has 0 atom stereocenters. The van der Waals surface area contributed by atoms with E-state index in [0.29, 0.717) is 11.3 Å². The first-order valence-electron chi connectivity index (χ1n) is 9.78. The molecule has 5 heteroatoms. The zero-order valence-electron chi connectivity index (χ0n) is 15.8. The van der Waals surface area contributed by atoms with Gasteiger partial charge in [0.25, 0.3) is 0 Å². The van der Waals surface area contributed by atoms with E-state index in [-0.39, 0.29) is 0 Å². The maximum absolute atomic E-state index is 4.50. The highest BCUT2D eigenvalue weighted by Crippen LogP contribution is 2.48. The van der Waals surface area contributed by atoms with Crippen LogP contribution < -0.4 is 0 Å². The zero-order chi connectivity index (χ0) is 17.0. The third kappa shape index (κ3) is 4.98. The maximum Gasteiger partial charge on any atom is 0.190 e. The van der Waals surface area contributed by atoms with E-state index in [1.165, 1.54) is 76.7 Å². The Balaban J connectivity index is 1.36. The fraction of sp³-hybridized carbons (Fsp3) is 0.895. The van der Waals surface area contributed by atoms with Crippen LogP contribution in [-0.4, -0.2) is 45.6 Å². The van der Waals surface area contributed by atoms with Crippen molar-refractivity contribution in [2.24, 2.45) is 12.5 Å². The lowest BCUT2D eigenvalue weighted by Crippen LogP contribution is -2.23. The summed E-state index contributed by atoms with van der Waals surface area (Å²) in [6, 6.07) is 0. The number of thioether (sulfide) groups is 1. The van der Waals surface area contributed by atoms with Gasteiger partial charge in [0.1, 0.15) is 5.82 Å². The van der Waals surface area contributed by atoms with Crippen molar-refractivity contribution in [3.8, 4) is 0 Å². The van der Waals surface area contributed by atoms with Crippen LogP contribution in [-0.2, 0) is 7.05 Å². The average molecular weight is 351 g/mol. The van der Waals surface area contributed by atoms with Gasteiger partial charge in [-0.05, 0) is 64.1 Å². The molecule has 0 radical (unpaired) electrons. The van der Waals surface area contributed by atoms with Gasteiger partial charge in [0.15, 0.2) is 5.16 Å². The minimum Gasteiger partial charge on any atom is -0.309 e. The van der Waals surface area contributed by atoms with Crippen LogP contribution >= 0.6 is 11.8 Å². The van der Waals surface area contributed by atoms with Crippen LogP contribution in [0, 0.1) is 5.41 Å². The second-order valence-corrected chi connectivity index (χ2v) is 9.36. The van der Waals surface area contributed by atoms with E-state index in [1.807, 2.05) is 11.8 Å². The molecule has 0 aromatic carbocycles. The molecule has 2 aliphatic rings. The van der Waals surface area contributed by atoms with Gasteiger partial charge in [-0.1, -0.05) is 37.9 Å². The van der Waals surface area contributed by atoms with Crippen LogP contribution in [0.3, 0.4) is 0 Å². The Labute approximate surface area is 151 Å². The van der Waals surface area contributed by atoms with Gasteiger partial charge in [-0.25, -0.2) is 0 Å². The molecule has 2 fully saturated rings. The Morgan fingerprint density at radius 3 is 2.62 bits per heavy atom. The average Bonchev–Trinajstić information content (AvgIpc) is 3.22. The van der Waals surface area contributed by atoms with Gasteiger partial charge in [-0.3, -0.25) is 0 Å². The summed E-state index contributed by atoms with van der Waals surface area (Å²) in [6.07, 6.45) is 12.1. The summed E-state index contributed by atoms with van der Waals surface area (Å²) in [5.41, 5.74) is 0.678. The van der Waals surface area contributed by atoms with E-state index in [1.54, 1.807) is 0 Å². The van der Waals surface area contributed by atoms with E-state index in [9.17, 15) is 0 Å². The molecule has 136 valence electrons. The number of rotatable bonds is 9. The molecule has 4 nitrogen and oxygen atoms in total. The molecule has 0 amide bonds. The summed E-state index contributed by atoms with van der Waals surface area (Å²) in [6.45, 7) is 4.86. The molecule has 24 heavy (non-hydrogen) atoms. The molecular formula is C19H34N4S. The Kier molecular flexibility index (Phi) is 6.25. The minimum atomic E-state index is 0.639. The quantitative estimate of drug-likeness (QED) is 0.486. The molecule has 0 bridgehead atoms. The first-order chi connectivity index (χ1) is 11.6. The first-order valence-corrected chi connectivity index (χ1v) is 10.8. The zero-order valence-corrected chi connectivity index (χ0v) is 16.6. The fourth-order valence-electron chi connectivity index (χ4n) is 3.70. The number of nitrogens with zero attached hydrogens (tertiary/aromatic N) is 4. The van der Waals surface area contributed by atoms with Crippen molar-refractivity contribution < 1.29 is 0 Å². The molecule has 1 heterocycles. The molecule has 2 aliphatic carbocycles. The number of hydrogen-bond acceptors (Lipinski definition) is 4. The summed E-state index contributed by atoms with van der Waals surface area (Å²) >= 11 is 1.87. The molecule has 1 aromatic rings. The van der Waals surface area contributed by atoms with Crippen LogP contribution in [0.15, 0.2) is 5.16 Å². The van der Waals surface area contributed by atoms with Crippen molar-refractivity contribution in [3.05, 3.63) is 5.82 Å². The lowest BCUT2D eigenvalue weighted by Gasteiger charge is -2.20. The summed E-state index contributed by atoms with van der Waals surface area (Å²) in [5.74, 6) is 2.99. The van der Waals surface area contributed by atoms with Crippen molar-refractivity contribution in [3.63, 3.8) is 0 Å². The predicted octanol–water partition coefficient (Wildman–Crippen LogP) is 4.47. The van der Waals surface area contributed by atoms with E-state index < -0.39 is 0 Å². The predicted molar refractivity (Wildman–Crippen MR) is 102 cm³/mol. The second-order valence-electron chi connectivity index (χ2n) is 8.30. The van der Waals surface area contributed by atoms with Gasteiger partial charge in [0.05, 0.1) is 0 Å². The molecular weight excluding hydrogens is 316 g/mol. The Morgan fingerprint density at radius 2 is 1.92 bits per heavy atom. The van der Waals surface area contributed by atoms with Gasteiger partial charge >= 0.3 is 0 Å². The van der Waals surface area contributed by atoms with Crippen LogP contribution in [0.2, 0.25) is 0 Å². The van der Waals surface area contributed by atoms with Gasteiger partial charge in [0, 0.05) is 18.7 Å². The molecule has 0 aliphatic heterocycles. The SMILES string of the molecule is CN(CCCSc1nnc(C2CCCCC2)n1C)CCC1(C)CC1. The Bertz CT molecular complexity index is 517. The first kappa shape index (κ1) is 18.2. The minimum absolute atomic E-state index is 0.639. The summed E-state index contributed by atoms with van der Waals surface area (Å²) in [5, 5.41) is 10.0. The summed E-state index contributed by atoms with van der Waals surface area (Å²) in [4.78, 5) is 2.49. The Hall–Kier alpha value is -0.550. The van der Waals surface area contributed by atoms with Crippen LogP contribution in [0.1, 0.15) is 76.5 Å². The van der Waals surface area contributed by atoms with Gasteiger partial charge in [0.2, 0.25) is 0 Å². The van der Waals surface area contributed by atoms with Crippen molar-refractivity contribution in [1.29, 1.82) is 0 Å². The van der Waals surface area contributed by atoms with Crippen LogP contribution in [0.5, 0.6) is 0 Å². The monoisotopic (exact) mass is 350 g/mol. The van der Waals surface area contributed by atoms with E-state index in [4.69, 9.17) is 0 Å². The number of hydrogen-bond donors (Lipinski definition) is 0. The number of aromatic nitrogens is 3. The topological polar surface area (TPSA) is 34.0 Å². The molecule has 3 rings (SSSR count). The van der Waals surface area contributed by atoms with E-state index >= 15 is 0 Å². The lowest BCUT2D eigenvalue weighted by molar-refractivity contribution is 0.300. The standard InChI is InChI=1S/C19H34N4S/c1-19(10-11-19)12-14-22(2)13-7-15-24-18-21-20-17(23(18)3)16-8-5-4-6-9-16/h16H,4-15H2,1-3H3. The third-order valence-corrected chi connectivity index (χ3v) is 7.06. The molecule has 0 unspecified atom stereocenters. The van der Waals surface area contributed by atoms with Crippen molar-refractivity contribution in [2.45, 2.75) is 75.8 Å². The largest absolute Gasteiger partial charge is 0.309 e. The van der Waals surface area contributed by atoms with Crippen LogP contribution in [0.4, 0.5) is 0 Å². The molecule has 0 spiro atoms. The summed E-state index contributed by atoms with van der Waals surface area (Å²) in [7, 11) is 4.41. The Morgan fingerprint density at radius 1 is 1.17 bits per heavy atom. The molecule has 0 N–H and O–H groups in total. The highest BCUT2D eigenvalue weighted by atomic mass is 32.2. The van der Waals surface area contributed by atoms with Crippen molar-refractivity contribution in [1.82, 2.24) is 19.7 Å². The normalized spacial score (nSPS) is 20.7. The molecule has 1 aromatic heterocycles. The highest BCUT2D eigenvalue weighted by molar-refractivity contribution is 7.99. The highest BCUT2D eigenvalue weighted by Gasteiger charge is 2.36. The summed E-state index contributed by atoms with van der Waals surface area (Å²) < 4.78 is 2.25.